The van der Waals surface area contributed by atoms with E-state index >= 15 is 0 Å². The molecule has 1 amide bonds. The van der Waals surface area contributed by atoms with Crippen LogP contribution in [0.2, 0.25) is 5.02 Å². The number of carbonyl (C=O) groups is 2. The van der Waals surface area contributed by atoms with E-state index in [2.05, 4.69) is 5.32 Å². The highest BCUT2D eigenvalue weighted by Crippen LogP contribution is 2.21. The van der Waals surface area contributed by atoms with Crippen molar-refractivity contribution in [2.24, 2.45) is 0 Å². The molecular formula is C22H20ClNO6. The zero-order valence-electron chi connectivity index (χ0n) is 16.3. The minimum atomic E-state index is -0.753. The van der Waals surface area contributed by atoms with E-state index < -0.39 is 17.5 Å². The van der Waals surface area contributed by atoms with Gasteiger partial charge in [-0.1, -0.05) is 11.6 Å². The molecule has 0 aliphatic rings. The summed E-state index contributed by atoms with van der Waals surface area (Å²) in [7, 11) is 0. The zero-order valence-corrected chi connectivity index (χ0v) is 17.0. The zero-order chi connectivity index (χ0) is 21.5. The Labute approximate surface area is 177 Å². The Morgan fingerprint density at radius 2 is 1.80 bits per heavy atom. The third-order valence-electron chi connectivity index (χ3n) is 4.13. The molecule has 0 aliphatic heterocycles. The molecule has 0 unspecified atom stereocenters. The minimum Gasteiger partial charge on any atom is -0.494 e. The van der Waals surface area contributed by atoms with Crippen LogP contribution in [0, 0.1) is 0 Å². The van der Waals surface area contributed by atoms with Gasteiger partial charge in [0.05, 0.1) is 6.61 Å². The Bertz CT molecular complexity index is 1110. The molecular weight excluding hydrogens is 410 g/mol. The summed E-state index contributed by atoms with van der Waals surface area (Å²) in [5.41, 5.74) is -0.601. The second kappa shape index (κ2) is 9.93. The predicted octanol–water partition coefficient (Wildman–Crippen LogP) is 3.96. The number of carbonyl (C=O) groups excluding carboxylic acids is 2. The first-order chi connectivity index (χ1) is 14.5. The summed E-state index contributed by atoms with van der Waals surface area (Å²) in [6, 6.07) is 13.0. The van der Waals surface area contributed by atoms with Crippen LogP contribution in [0.15, 0.2) is 57.7 Å². The fraction of sp³-hybridized carbons (Fsp3) is 0.227. The first-order valence-corrected chi connectivity index (χ1v) is 9.79. The van der Waals surface area contributed by atoms with E-state index in [9.17, 15) is 14.4 Å². The van der Waals surface area contributed by atoms with Gasteiger partial charge in [-0.25, -0.2) is 4.79 Å². The molecule has 0 atom stereocenters. The fourth-order valence-corrected chi connectivity index (χ4v) is 2.81. The van der Waals surface area contributed by atoms with E-state index in [4.69, 9.17) is 25.5 Å². The normalized spacial score (nSPS) is 10.6. The second-order valence-electron chi connectivity index (χ2n) is 6.39. The average Bonchev–Trinajstić information content (AvgIpc) is 2.72. The van der Waals surface area contributed by atoms with E-state index in [-0.39, 0.29) is 23.3 Å². The van der Waals surface area contributed by atoms with Gasteiger partial charge < -0.3 is 19.2 Å². The van der Waals surface area contributed by atoms with Crippen LogP contribution in [-0.4, -0.2) is 25.0 Å². The van der Waals surface area contributed by atoms with E-state index in [1.54, 1.807) is 43.3 Å². The Morgan fingerprint density at radius 1 is 1.07 bits per heavy atom. The molecule has 1 N–H and O–H groups in total. The number of hydrogen-bond donors (Lipinski definition) is 1. The largest absolute Gasteiger partial charge is 0.494 e. The maximum absolute atomic E-state index is 12.0. The summed E-state index contributed by atoms with van der Waals surface area (Å²) in [5, 5.41) is 3.73. The molecule has 0 bridgehead atoms. The van der Waals surface area contributed by atoms with Gasteiger partial charge in [-0.2, -0.15) is 0 Å². The molecule has 0 aliphatic carbocycles. The van der Waals surface area contributed by atoms with Gasteiger partial charge >= 0.3 is 11.6 Å². The number of hydrogen-bond acceptors (Lipinski definition) is 6. The van der Waals surface area contributed by atoms with E-state index in [0.29, 0.717) is 35.7 Å². The van der Waals surface area contributed by atoms with E-state index in [1.807, 2.05) is 0 Å². The highest BCUT2D eigenvalue weighted by Gasteiger charge is 2.14. The molecule has 3 rings (SSSR count). The number of rotatable bonds is 8. The number of ether oxygens (including phenoxy) is 2. The monoisotopic (exact) mass is 429 g/mol. The summed E-state index contributed by atoms with van der Waals surface area (Å²) >= 11 is 5.81. The summed E-state index contributed by atoms with van der Waals surface area (Å²) in [6.07, 6.45) is 0.631. The first-order valence-electron chi connectivity index (χ1n) is 9.41. The van der Waals surface area contributed by atoms with Crippen LogP contribution in [0.25, 0.3) is 11.0 Å². The lowest BCUT2D eigenvalue weighted by Gasteiger charge is -2.07. The van der Waals surface area contributed by atoms with E-state index in [1.165, 1.54) is 12.1 Å². The first kappa shape index (κ1) is 21.4. The summed E-state index contributed by atoms with van der Waals surface area (Å²) in [5.74, 6) is -0.0100. The molecule has 156 valence electrons. The van der Waals surface area contributed by atoms with Crippen LogP contribution in [0.5, 0.6) is 11.5 Å². The third kappa shape index (κ3) is 5.61. The van der Waals surface area contributed by atoms with Crippen LogP contribution >= 0.6 is 11.6 Å². The van der Waals surface area contributed by atoms with Gasteiger partial charge in [0, 0.05) is 29.4 Å². The molecule has 0 fully saturated rings. The van der Waals surface area contributed by atoms with Crippen LogP contribution in [-0.2, 0) is 4.79 Å². The fourth-order valence-electron chi connectivity index (χ4n) is 2.69. The molecule has 1 aromatic heterocycles. The number of halogens is 1. The molecule has 0 saturated carbocycles. The van der Waals surface area contributed by atoms with Gasteiger partial charge in [-0.3, -0.25) is 9.59 Å². The number of nitrogens with one attached hydrogen (secondary N) is 1. The standard InChI is InChI=1S/C22H20ClNO6/c1-2-24-21(26)18-12-14-5-8-17(13-19(14)30-22(18)27)29-20(25)4-3-11-28-16-9-6-15(23)7-10-16/h5-10,12-13H,2-4,11H2,1H3,(H,24,26). The molecule has 0 spiro atoms. The van der Waals surface area contributed by atoms with Crippen LogP contribution in [0.1, 0.15) is 30.1 Å². The number of benzene rings is 2. The molecule has 7 nitrogen and oxygen atoms in total. The van der Waals surface area contributed by atoms with Crippen LogP contribution in [0.3, 0.4) is 0 Å². The van der Waals surface area contributed by atoms with Crippen molar-refractivity contribution in [2.45, 2.75) is 19.8 Å². The van der Waals surface area contributed by atoms with Crippen molar-refractivity contribution in [3.8, 4) is 11.5 Å². The molecule has 1 heterocycles. The van der Waals surface area contributed by atoms with Gasteiger partial charge in [-0.05, 0) is 55.8 Å². The van der Waals surface area contributed by atoms with Crippen molar-refractivity contribution in [1.29, 1.82) is 0 Å². The minimum absolute atomic E-state index is 0.0743. The number of fused-ring (bicyclic) bond motifs is 1. The maximum Gasteiger partial charge on any atom is 0.349 e. The molecule has 8 heteroatoms. The van der Waals surface area contributed by atoms with Gasteiger partial charge in [0.15, 0.2) is 0 Å². The van der Waals surface area contributed by atoms with Crippen molar-refractivity contribution in [1.82, 2.24) is 5.32 Å². The van der Waals surface area contributed by atoms with Crippen molar-refractivity contribution in [3.63, 3.8) is 0 Å². The number of amides is 1. The van der Waals surface area contributed by atoms with Crippen LogP contribution in [0.4, 0.5) is 0 Å². The average molecular weight is 430 g/mol. The van der Waals surface area contributed by atoms with Gasteiger partial charge in [0.1, 0.15) is 22.6 Å². The molecule has 30 heavy (non-hydrogen) atoms. The van der Waals surface area contributed by atoms with Crippen molar-refractivity contribution >= 4 is 34.4 Å². The van der Waals surface area contributed by atoms with E-state index in [0.717, 1.165) is 0 Å². The molecule has 2 aromatic carbocycles. The summed E-state index contributed by atoms with van der Waals surface area (Å²) < 4.78 is 16.0. The predicted molar refractivity (Wildman–Crippen MR) is 112 cm³/mol. The maximum atomic E-state index is 12.0. The highest BCUT2D eigenvalue weighted by atomic mass is 35.5. The Kier molecular flexibility index (Phi) is 7.08. The molecule has 0 saturated heterocycles. The van der Waals surface area contributed by atoms with Crippen molar-refractivity contribution in [3.05, 3.63) is 69.5 Å². The van der Waals surface area contributed by atoms with Gasteiger partial charge in [0.2, 0.25) is 0 Å². The summed E-state index contributed by atoms with van der Waals surface area (Å²) in [4.78, 5) is 36.0. The molecule has 3 aromatic rings. The Hall–Kier alpha value is -3.32. The molecule has 0 radical (unpaired) electrons. The SMILES string of the molecule is CCNC(=O)c1cc2ccc(OC(=O)CCCOc3ccc(Cl)cc3)cc2oc1=O. The van der Waals surface area contributed by atoms with Gasteiger partial charge in [0.25, 0.3) is 5.91 Å². The highest BCUT2D eigenvalue weighted by molar-refractivity contribution is 6.30. The number of esters is 1. The lowest BCUT2D eigenvalue weighted by molar-refractivity contribution is -0.134. The van der Waals surface area contributed by atoms with Gasteiger partial charge in [-0.15, -0.1) is 0 Å². The van der Waals surface area contributed by atoms with Crippen LogP contribution < -0.4 is 20.4 Å². The quantitative estimate of drug-likeness (QED) is 0.252. The van der Waals surface area contributed by atoms with Crippen molar-refractivity contribution in [2.75, 3.05) is 13.2 Å². The lowest BCUT2D eigenvalue weighted by Crippen LogP contribution is -2.27. The third-order valence-corrected chi connectivity index (χ3v) is 4.38. The second-order valence-corrected chi connectivity index (χ2v) is 6.82. The smallest absolute Gasteiger partial charge is 0.349 e. The Morgan fingerprint density at radius 3 is 2.53 bits per heavy atom. The lowest BCUT2D eigenvalue weighted by atomic mass is 10.1. The Balaban J connectivity index is 1.56. The topological polar surface area (TPSA) is 94.8 Å². The summed E-state index contributed by atoms with van der Waals surface area (Å²) in [6.45, 7) is 2.51. The van der Waals surface area contributed by atoms with Crippen molar-refractivity contribution < 1.29 is 23.5 Å².